The highest BCUT2D eigenvalue weighted by atomic mass is 79.9. The molecule has 0 bridgehead atoms. The predicted molar refractivity (Wildman–Crippen MR) is 130 cm³/mol. The fraction of sp³-hybridized carbons (Fsp3) is 0.174. The molecule has 0 fully saturated rings. The van der Waals surface area contributed by atoms with Crippen molar-refractivity contribution in [3.8, 4) is 16.2 Å². The third kappa shape index (κ3) is 5.93. The zero-order valence-corrected chi connectivity index (χ0v) is 20.8. The number of methoxy groups -OCH3 is 1. The maximum atomic E-state index is 12.3. The summed E-state index contributed by atoms with van der Waals surface area (Å²) in [5.74, 6) is -1.81. The molecule has 0 saturated heterocycles. The number of amides is 1. The minimum absolute atomic E-state index is 0.112. The van der Waals surface area contributed by atoms with E-state index in [4.69, 9.17) is 26.2 Å². The van der Waals surface area contributed by atoms with Gasteiger partial charge in [-0.3, -0.25) is 4.79 Å². The fourth-order valence-corrected chi connectivity index (χ4v) is 5.16. The SMILES string of the molecule is COC(=O)c1sc(-c2cccc(CN(C(C)=O)c3ccc(Cl)cc3)c2)c(Br)c1OCC(=O)O. The van der Waals surface area contributed by atoms with E-state index < -0.39 is 18.5 Å². The highest BCUT2D eigenvalue weighted by Crippen LogP contribution is 2.46. The van der Waals surface area contributed by atoms with Crippen molar-refractivity contribution in [3.63, 3.8) is 0 Å². The van der Waals surface area contributed by atoms with Gasteiger partial charge in [-0.25, -0.2) is 9.59 Å². The van der Waals surface area contributed by atoms with Gasteiger partial charge in [0.05, 0.1) is 23.0 Å². The maximum absolute atomic E-state index is 12.3. The summed E-state index contributed by atoms with van der Waals surface area (Å²) in [5.41, 5.74) is 2.33. The molecule has 0 spiro atoms. The van der Waals surface area contributed by atoms with E-state index in [2.05, 4.69) is 15.9 Å². The van der Waals surface area contributed by atoms with E-state index in [0.29, 0.717) is 26.6 Å². The minimum Gasteiger partial charge on any atom is -0.479 e. The number of benzene rings is 2. The number of rotatable bonds is 8. The number of ether oxygens (including phenoxy) is 2. The lowest BCUT2D eigenvalue weighted by atomic mass is 10.1. The topological polar surface area (TPSA) is 93.1 Å². The summed E-state index contributed by atoms with van der Waals surface area (Å²) in [6, 6.07) is 14.5. The minimum atomic E-state index is -1.17. The molecule has 1 amide bonds. The first kappa shape index (κ1) is 24.8. The molecule has 0 aliphatic heterocycles. The van der Waals surface area contributed by atoms with Crippen molar-refractivity contribution < 1.29 is 29.0 Å². The number of hydrogen-bond acceptors (Lipinski definition) is 6. The number of anilines is 1. The van der Waals surface area contributed by atoms with Crippen LogP contribution in [0.1, 0.15) is 22.2 Å². The second-order valence-electron chi connectivity index (χ2n) is 6.86. The number of esters is 1. The zero-order chi connectivity index (χ0) is 24.1. The molecule has 2 aromatic carbocycles. The van der Waals surface area contributed by atoms with Crippen LogP contribution in [0.4, 0.5) is 5.69 Å². The summed E-state index contributed by atoms with van der Waals surface area (Å²) in [7, 11) is 1.24. The van der Waals surface area contributed by atoms with Crippen LogP contribution in [0.3, 0.4) is 0 Å². The Labute approximate surface area is 207 Å². The number of nitrogens with zero attached hydrogens (tertiary/aromatic N) is 1. The van der Waals surface area contributed by atoms with Crippen molar-refractivity contribution >= 4 is 62.4 Å². The molecule has 0 aliphatic carbocycles. The number of halogens is 2. The van der Waals surface area contributed by atoms with E-state index in [9.17, 15) is 14.4 Å². The average Bonchev–Trinajstić information content (AvgIpc) is 3.12. The Morgan fingerprint density at radius 3 is 2.45 bits per heavy atom. The van der Waals surface area contributed by atoms with Gasteiger partial charge in [-0.15, -0.1) is 11.3 Å². The van der Waals surface area contributed by atoms with Crippen molar-refractivity contribution in [3.05, 3.63) is 68.5 Å². The van der Waals surface area contributed by atoms with Gasteiger partial charge < -0.3 is 19.5 Å². The quantitative estimate of drug-likeness (QED) is 0.364. The molecule has 10 heteroatoms. The van der Waals surface area contributed by atoms with Gasteiger partial charge >= 0.3 is 11.9 Å². The van der Waals surface area contributed by atoms with Crippen LogP contribution in [0.25, 0.3) is 10.4 Å². The molecule has 1 heterocycles. The molecule has 0 unspecified atom stereocenters. The first-order chi connectivity index (χ1) is 15.7. The Kier molecular flexibility index (Phi) is 8.12. The maximum Gasteiger partial charge on any atom is 0.351 e. The Hall–Kier alpha value is -2.88. The Morgan fingerprint density at radius 1 is 1.15 bits per heavy atom. The molecule has 1 N–H and O–H groups in total. The highest BCUT2D eigenvalue weighted by molar-refractivity contribution is 9.10. The zero-order valence-electron chi connectivity index (χ0n) is 17.6. The van der Waals surface area contributed by atoms with Crippen molar-refractivity contribution in [2.45, 2.75) is 13.5 Å². The van der Waals surface area contributed by atoms with Crippen molar-refractivity contribution in [2.24, 2.45) is 0 Å². The van der Waals surface area contributed by atoms with Gasteiger partial charge in [-0.2, -0.15) is 0 Å². The molecule has 0 radical (unpaired) electrons. The van der Waals surface area contributed by atoms with E-state index in [1.807, 2.05) is 24.3 Å². The summed E-state index contributed by atoms with van der Waals surface area (Å²) in [6.45, 7) is 1.20. The Morgan fingerprint density at radius 2 is 1.85 bits per heavy atom. The fourth-order valence-electron chi connectivity index (χ4n) is 3.07. The molecule has 0 saturated carbocycles. The normalized spacial score (nSPS) is 10.5. The highest BCUT2D eigenvalue weighted by Gasteiger charge is 2.25. The second kappa shape index (κ2) is 10.8. The number of carboxylic acids is 1. The van der Waals surface area contributed by atoms with E-state index in [-0.39, 0.29) is 16.5 Å². The van der Waals surface area contributed by atoms with Crippen LogP contribution in [0.2, 0.25) is 5.02 Å². The van der Waals surface area contributed by atoms with E-state index >= 15 is 0 Å². The van der Waals surface area contributed by atoms with Gasteiger partial charge in [-0.05, 0) is 57.4 Å². The number of aliphatic carboxylic acids is 1. The molecule has 0 atom stereocenters. The van der Waals surface area contributed by atoms with Gasteiger partial charge in [0.25, 0.3) is 0 Å². The molecule has 33 heavy (non-hydrogen) atoms. The molecule has 7 nitrogen and oxygen atoms in total. The van der Waals surface area contributed by atoms with Gasteiger partial charge in [0, 0.05) is 17.6 Å². The molecular formula is C23H19BrClNO6S. The lowest BCUT2D eigenvalue weighted by Crippen LogP contribution is -2.27. The van der Waals surface area contributed by atoms with E-state index in [1.54, 1.807) is 29.2 Å². The van der Waals surface area contributed by atoms with Crippen LogP contribution in [0.5, 0.6) is 5.75 Å². The molecule has 1 aromatic heterocycles. The van der Waals surface area contributed by atoms with Crippen molar-refractivity contribution in [1.29, 1.82) is 0 Å². The van der Waals surface area contributed by atoms with Crippen molar-refractivity contribution in [1.82, 2.24) is 0 Å². The lowest BCUT2D eigenvalue weighted by molar-refractivity contribution is -0.139. The van der Waals surface area contributed by atoms with Crippen LogP contribution in [-0.2, 0) is 20.9 Å². The number of carbonyl (C=O) groups excluding carboxylic acids is 2. The van der Waals surface area contributed by atoms with E-state index in [1.165, 1.54) is 14.0 Å². The monoisotopic (exact) mass is 551 g/mol. The number of thiophene rings is 1. The van der Waals surface area contributed by atoms with Gasteiger partial charge in [0.15, 0.2) is 17.2 Å². The van der Waals surface area contributed by atoms with Crippen LogP contribution < -0.4 is 9.64 Å². The largest absolute Gasteiger partial charge is 0.479 e. The van der Waals surface area contributed by atoms with Crippen LogP contribution in [0.15, 0.2) is 53.0 Å². The summed E-state index contributed by atoms with van der Waals surface area (Å²) in [4.78, 5) is 37.9. The molecule has 3 aromatic rings. The molecule has 3 rings (SSSR count). The van der Waals surface area contributed by atoms with Gasteiger partial charge in [-0.1, -0.05) is 29.8 Å². The summed E-state index contributed by atoms with van der Waals surface area (Å²) in [6.07, 6.45) is 0. The first-order valence-electron chi connectivity index (χ1n) is 9.59. The second-order valence-corrected chi connectivity index (χ2v) is 9.11. The summed E-state index contributed by atoms with van der Waals surface area (Å²) < 4.78 is 10.6. The number of carboxylic acid groups (broad SMARTS) is 1. The Balaban J connectivity index is 1.97. The Bertz CT molecular complexity index is 1190. The van der Waals surface area contributed by atoms with Gasteiger partial charge in [0.1, 0.15) is 0 Å². The van der Waals surface area contributed by atoms with Crippen molar-refractivity contribution in [2.75, 3.05) is 18.6 Å². The smallest absolute Gasteiger partial charge is 0.351 e. The summed E-state index contributed by atoms with van der Waals surface area (Å²) in [5, 5.41) is 9.54. The lowest BCUT2D eigenvalue weighted by Gasteiger charge is -2.21. The third-order valence-electron chi connectivity index (χ3n) is 4.57. The van der Waals surface area contributed by atoms with Gasteiger partial charge in [0.2, 0.25) is 5.91 Å². The number of hydrogen-bond donors (Lipinski definition) is 1. The first-order valence-corrected chi connectivity index (χ1v) is 11.6. The molecule has 172 valence electrons. The standard InChI is InChI=1S/C23H19BrClNO6S/c1-13(27)26(17-8-6-16(25)7-9-17)11-14-4-3-5-15(10-14)21-19(24)20(32-12-18(28)29)22(33-21)23(30)31-2/h3-10H,11-12H2,1-2H3,(H,28,29). The predicted octanol–water partition coefficient (Wildman–Crippen LogP) is 5.63. The third-order valence-corrected chi connectivity index (χ3v) is 7.04. The number of carbonyl (C=O) groups is 3. The van der Waals surface area contributed by atoms with Crippen LogP contribution in [0, 0.1) is 0 Å². The summed E-state index contributed by atoms with van der Waals surface area (Å²) >= 11 is 10.5. The van der Waals surface area contributed by atoms with Crippen LogP contribution >= 0.6 is 38.9 Å². The average molecular weight is 553 g/mol. The van der Waals surface area contributed by atoms with E-state index in [0.717, 1.165) is 22.5 Å². The molecule has 0 aliphatic rings. The van der Waals surface area contributed by atoms with Crippen LogP contribution in [-0.4, -0.2) is 36.7 Å². The molecular weight excluding hydrogens is 534 g/mol.